The van der Waals surface area contributed by atoms with E-state index < -0.39 is 0 Å². The molecule has 0 aromatic carbocycles. The van der Waals surface area contributed by atoms with Crippen molar-refractivity contribution in [1.29, 1.82) is 0 Å². The summed E-state index contributed by atoms with van der Waals surface area (Å²) < 4.78 is 10.7. The Morgan fingerprint density at radius 1 is 1.25 bits per heavy atom. The predicted molar refractivity (Wildman–Crippen MR) is 80.3 cm³/mol. The van der Waals surface area contributed by atoms with Crippen molar-refractivity contribution in [3.63, 3.8) is 0 Å². The largest absolute Gasteiger partial charge is 0.381 e. The summed E-state index contributed by atoms with van der Waals surface area (Å²) in [5, 5.41) is 3.32. The Bertz CT molecular complexity index is 280. The van der Waals surface area contributed by atoms with Crippen LogP contribution in [0.2, 0.25) is 0 Å². The van der Waals surface area contributed by atoms with Crippen LogP contribution in [0.4, 0.5) is 0 Å². The van der Waals surface area contributed by atoms with Crippen LogP contribution in [0.5, 0.6) is 0 Å². The molecule has 1 N–H and O–H groups in total. The molecule has 0 bridgehead atoms. The molecule has 0 saturated carbocycles. The first-order chi connectivity index (χ1) is 9.25. The number of carbonyl (C=O) groups is 1. The smallest absolute Gasteiger partial charge is 0.223 e. The molecule has 2 heterocycles. The molecule has 1 atom stereocenters. The second-order valence-corrected chi connectivity index (χ2v) is 5.59. The number of carbonyl (C=O) groups excluding carboxylic acids is 1. The van der Waals surface area contributed by atoms with Gasteiger partial charge in [0.15, 0.2) is 0 Å². The van der Waals surface area contributed by atoms with Gasteiger partial charge in [-0.05, 0) is 25.2 Å². The van der Waals surface area contributed by atoms with E-state index in [0.717, 1.165) is 58.1 Å². The van der Waals surface area contributed by atoms with Crippen molar-refractivity contribution >= 4 is 18.3 Å². The summed E-state index contributed by atoms with van der Waals surface area (Å²) >= 11 is 0. The van der Waals surface area contributed by atoms with Gasteiger partial charge in [0.2, 0.25) is 5.91 Å². The third-order valence-electron chi connectivity index (χ3n) is 4.06. The van der Waals surface area contributed by atoms with Crippen LogP contribution in [-0.2, 0) is 14.3 Å². The maximum atomic E-state index is 12.1. The van der Waals surface area contributed by atoms with Crippen molar-refractivity contribution in [2.24, 2.45) is 5.92 Å². The average molecular weight is 307 g/mol. The number of amides is 1. The van der Waals surface area contributed by atoms with E-state index in [9.17, 15) is 4.79 Å². The summed E-state index contributed by atoms with van der Waals surface area (Å²) in [6.45, 7) is 4.88. The second kappa shape index (κ2) is 9.55. The quantitative estimate of drug-likeness (QED) is 0.825. The van der Waals surface area contributed by atoms with Gasteiger partial charge >= 0.3 is 0 Å². The molecule has 0 spiro atoms. The highest BCUT2D eigenvalue weighted by molar-refractivity contribution is 5.85. The number of ether oxygens (including phenoxy) is 2. The van der Waals surface area contributed by atoms with Crippen molar-refractivity contribution in [2.75, 3.05) is 46.6 Å². The minimum absolute atomic E-state index is 0. The highest BCUT2D eigenvalue weighted by Gasteiger charge is 2.20. The van der Waals surface area contributed by atoms with Gasteiger partial charge in [-0.15, -0.1) is 12.4 Å². The molecule has 2 saturated heterocycles. The lowest BCUT2D eigenvalue weighted by Gasteiger charge is -2.27. The van der Waals surface area contributed by atoms with Crippen LogP contribution in [0.25, 0.3) is 0 Å². The summed E-state index contributed by atoms with van der Waals surface area (Å²) in [5.74, 6) is 0.940. The lowest BCUT2D eigenvalue weighted by molar-refractivity contribution is -0.131. The molecule has 5 nitrogen and oxygen atoms in total. The van der Waals surface area contributed by atoms with Crippen molar-refractivity contribution in [3.05, 3.63) is 0 Å². The summed E-state index contributed by atoms with van der Waals surface area (Å²) in [7, 11) is 1.91. The summed E-state index contributed by atoms with van der Waals surface area (Å²) in [6, 6.07) is 0.187. The number of nitrogens with one attached hydrogen (secondary N) is 1. The van der Waals surface area contributed by atoms with E-state index in [-0.39, 0.29) is 24.4 Å². The molecule has 2 rings (SSSR count). The molecule has 2 aliphatic heterocycles. The number of hydrogen-bond acceptors (Lipinski definition) is 4. The average Bonchev–Trinajstić information content (AvgIpc) is 2.47. The first kappa shape index (κ1) is 17.7. The van der Waals surface area contributed by atoms with Gasteiger partial charge in [-0.3, -0.25) is 4.79 Å². The van der Waals surface area contributed by atoms with Crippen molar-refractivity contribution in [2.45, 2.75) is 31.7 Å². The monoisotopic (exact) mass is 306 g/mol. The molecular weight excluding hydrogens is 280 g/mol. The molecule has 2 aliphatic rings. The highest BCUT2D eigenvalue weighted by atomic mass is 35.5. The Labute approximate surface area is 127 Å². The SMILES string of the molecule is CN(CCC1CCOCC1)C(=O)CC1COCCN1.Cl. The van der Waals surface area contributed by atoms with Crippen LogP contribution >= 0.6 is 12.4 Å². The standard InChI is InChI=1S/C14H26N2O3.ClH/c1-16(6-2-12-3-7-18-8-4-12)14(17)10-13-11-19-9-5-15-13;/h12-13,15H,2-11H2,1H3;1H. The van der Waals surface area contributed by atoms with E-state index >= 15 is 0 Å². The van der Waals surface area contributed by atoms with E-state index in [1.165, 1.54) is 0 Å². The van der Waals surface area contributed by atoms with Crippen LogP contribution < -0.4 is 5.32 Å². The summed E-state index contributed by atoms with van der Waals surface area (Å²) in [5.41, 5.74) is 0. The van der Waals surface area contributed by atoms with Crippen LogP contribution in [0.1, 0.15) is 25.7 Å². The molecule has 6 heteroatoms. The van der Waals surface area contributed by atoms with Gasteiger partial charge in [0.1, 0.15) is 0 Å². The van der Waals surface area contributed by atoms with Gasteiger partial charge < -0.3 is 19.7 Å². The zero-order chi connectivity index (χ0) is 13.5. The van der Waals surface area contributed by atoms with Gasteiger partial charge in [0, 0.05) is 45.8 Å². The highest BCUT2D eigenvalue weighted by Crippen LogP contribution is 2.18. The molecule has 20 heavy (non-hydrogen) atoms. The van der Waals surface area contributed by atoms with Crippen LogP contribution in [0.15, 0.2) is 0 Å². The third-order valence-corrected chi connectivity index (χ3v) is 4.06. The van der Waals surface area contributed by atoms with Crippen molar-refractivity contribution < 1.29 is 14.3 Å². The van der Waals surface area contributed by atoms with E-state index in [0.29, 0.717) is 13.0 Å². The lowest BCUT2D eigenvalue weighted by Crippen LogP contribution is -2.44. The number of morpholine rings is 1. The fourth-order valence-corrected chi connectivity index (χ4v) is 2.65. The van der Waals surface area contributed by atoms with Crippen molar-refractivity contribution in [3.8, 4) is 0 Å². The third kappa shape index (κ3) is 5.95. The van der Waals surface area contributed by atoms with Gasteiger partial charge in [0.25, 0.3) is 0 Å². The van der Waals surface area contributed by atoms with Gasteiger partial charge in [0.05, 0.1) is 13.2 Å². The lowest BCUT2D eigenvalue weighted by atomic mass is 9.96. The molecular formula is C14H27ClN2O3. The molecule has 2 fully saturated rings. The zero-order valence-electron chi connectivity index (χ0n) is 12.3. The van der Waals surface area contributed by atoms with Crippen molar-refractivity contribution in [1.82, 2.24) is 10.2 Å². The Kier molecular flexibility index (Phi) is 8.45. The summed E-state index contributed by atoms with van der Waals surface area (Å²) in [4.78, 5) is 14.0. The molecule has 1 amide bonds. The minimum Gasteiger partial charge on any atom is -0.381 e. The molecule has 118 valence electrons. The maximum absolute atomic E-state index is 12.1. The van der Waals surface area contributed by atoms with E-state index in [1.54, 1.807) is 0 Å². The Hall–Kier alpha value is -0.360. The van der Waals surface area contributed by atoms with Gasteiger partial charge in [-0.25, -0.2) is 0 Å². The van der Waals surface area contributed by atoms with Crippen LogP contribution in [0.3, 0.4) is 0 Å². The first-order valence-corrected chi connectivity index (χ1v) is 7.38. The van der Waals surface area contributed by atoms with E-state index in [2.05, 4.69) is 5.32 Å². The fraction of sp³-hybridized carbons (Fsp3) is 0.929. The Morgan fingerprint density at radius 2 is 2.00 bits per heavy atom. The van der Waals surface area contributed by atoms with E-state index in [1.807, 2.05) is 11.9 Å². The molecule has 0 aromatic heterocycles. The van der Waals surface area contributed by atoms with Gasteiger partial charge in [-0.2, -0.15) is 0 Å². The predicted octanol–water partition coefficient (Wildman–Crippen LogP) is 1.06. The number of rotatable bonds is 5. The first-order valence-electron chi connectivity index (χ1n) is 7.38. The molecule has 0 aromatic rings. The number of hydrogen-bond donors (Lipinski definition) is 1. The zero-order valence-corrected chi connectivity index (χ0v) is 13.1. The maximum Gasteiger partial charge on any atom is 0.223 e. The normalized spacial score (nSPS) is 23.9. The summed E-state index contributed by atoms with van der Waals surface area (Å²) in [6.07, 6.45) is 3.92. The Morgan fingerprint density at radius 3 is 2.65 bits per heavy atom. The minimum atomic E-state index is 0. The second-order valence-electron chi connectivity index (χ2n) is 5.59. The van der Waals surface area contributed by atoms with Crippen LogP contribution in [-0.4, -0.2) is 63.4 Å². The van der Waals surface area contributed by atoms with Crippen LogP contribution in [0, 0.1) is 5.92 Å². The van der Waals surface area contributed by atoms with Gasteiger partial charge in [-0.1, -0.05) is 0 Å². The number of halogens is 1. The number of nitrogens with zero attached hydrogens (tertiary/aromatic N) is 1. The fourth-order valence-electron chi connectivity index (χ4n) is 2.65. The molecule has 0 aliphatic carbocycles. The molecule has 1 unspecified atom stereocenters. The van der Waals surface area contributed by atoms with E-state index in [4.69, 9.17) is 9.47 Å². The topological polar surface area (TPSA) is 50.8 Å². The molecule has 0 radical (unpaired) electrons. The Balaban J connectivity index is 0.00000200.